The van der Waals surface area contributed by atoms with Crippen molar-refractivity contribution in [3.05, 3.63) is 41.6 Å². The van der Waals surface area contributed by atoms with Crippen LogP contribution in [0, 0.1) is 5.82 Å². The predicted molar refractivity (Wildman–Crippen MR) is 76.2 cm³/mol. The Labute approximate surface area is 127 Å². The number of pyridine rings is 1. The molecule has 6 nitrogen and oxygen atoms in total. The lowest BCUT2D eigenvalue weighted by Crippen LogP contribution is -2.36. The highest BCUT2D eigenvalue weighted by molar-refractivity contribution is 5.65. The summed E-state index contributed by atoms with van der Waals surface area (Å²) < 4.78 is 29.2. The van der Waals surface area contributed by atoms with Gasteiger partial charge in [0.2, 0.25) is 5.82 Å². The molecule has 0 amide bonds. The van der Waals surface area contributed by atoms with E-state index >= 15 is 0 Å². The summed E-state index contributed by atoms with van der Waals surface area (Å²) in [6.07, 6.45) is 7.34. The summed E-state index contributed by atoms with van der Waals surface area (Å²) in [7, 11) is 1.63. The lowest BCUT2D eigenvalue weighted by Gasteiger charge is -2.32. The molecule has 0 saturated carbocycles. The number of ether oxygens (including phenoxy) is 2. The Bertz CT molecular complexity index is 666. The summed E-state index contributed by atoms with van der Waals surface area (Å²) >= 11 is 0. The van der Waals surface area contributed by atoms with Gasteiger partial charge in [-0.2, -0.15) is 4.98 Å². The van der Waals surface area contributed by atoms with Crippen LogP contribution in [0.2, 0.25) is 0 Å². The molecule has 0 N–H and O–H groups in total. The summed E-state index contributed by atoms with van der Waals surface area (Å²) in [6.45, 7) is 1.20. The van der Waals surface area contributed by atoms with Crippen LogP contribution in [-0.4, -0.2) is 35.4 Å². The van der Waals surface area contributed by atoms with Gasteiger partial charge in [-0.15, -0.1) is 0 Å². The maximum absolute atomic E-state index is 13.1. The van der Waals surface area contributed by atoms with Crippen molar-refractivity contribution >= 4 is 12.2 Å². The highest BCUT2D eigenvalue weighted by Gasteiger charge is 2.39. The van der Waals surface area contributed by atoms with Crippen molar-refractivity contribution in [3.8, 4) is 0 Å². The third-order valence-electron chi connectivity index (χ3n) is 3.68. The summed E-state index contributed by atoms with van der Waals surface area (Å²) in [5.74, 6) is 0.450. The van der Waals surface area contributed by atoms with Gasteiger partial charge < -0.3 is 14.0 Å². The molecule has 0 radical (unpaired) electrons. The van der Waals surface area contributed by atoms with Crippen LogP contribution in [0.3, 0.4) is 0 Å². The number of halogens is 1. The van der Waals surface area contributed by atoms with Crippen LogP contribution >= 0.6 is 0 Å². The fourth-order valence-corrected chi connectivity index (χ4v) is 2.40. The number of hydrogen-bond donors (Lipinski definition) is 0. The van der Waals surface area contributed by atoms with Gasteiger partial charge in [0, 0.05) is 45.4 Å². The van der Waals surface area contributed by atoms with Crippen molar-refractivity contribution in [2.45, 2.75) is 18.4 Å². The molecule has 0 bridgehead atoms. The second kappa shape index (κ2) is 6.33. The van der Waals surface area contributed by atoms with Crippen molar-refractivity contribution in [1.82, 2.24) is 15.1 Å². The van der Waals surface area contributed by atoms with Crippen LogP contribution in [0.5, 0.6) is 0 Å². The maximum Gasteiger partial charge on any atom is 0.250 e. The molecular weight excluding hydrogens is 289 g/mol. The molecule has 0 aromatic carbocycles. The highest BCUT2D eigenvalue weighted by Crippen LogP contribution is 2.33. The maximum atomic E-state index is 13.1. The zero-order chi connectivity index (χ0) is 15.4. The monoisotopic (exact) mass is 305 g/mol. The number of nitrogens with zero attached hydrogens (tertiary/aromatic N) is 3. The van der Waals surface area contributed by atoms with E-state index in [1.807, 2.05) is 0 Å². The smallest absolute Gasteiger partial charge is 0.250 e. The van der Waals surface area contributed by atoms with Gasteiger partial charge in [0.25, 0.3) is 5.89 Å². The molecule has 7 heteroatoms. The predicted octanol–water partition coefficient (Wildman–Crippen LogP) is 2.43. The second-order valence-electron chi connectivity index (χ2n) is 5.04. The lowest BCUT2D eigenvalue weighted by molar-refractivity contribution is -0.101. The molecule has 0 unspecified atom stereocenters. The Kier molecular flexibility index (Phi) is 4.26. The van der Waals surface area contributed by atoms with Crippen molar-refractivity contribution < 1.29 is 18.4 Å². The molecule has 1 aliphatic rings. The summed E-state index contributed by atoms with van der Waals surface area (Å²) in [6, 6.07) is 1.37. The molecule has 3 rings (SSSR count). The Morgan fingerprint density at radius 1 is 1.27 bits per heavy atom. The second-order valence-corrected chi connectivity index (χ2v) is 5.04. The van der Waals surface area contributed by atoms with E-state index in [-0.39, 0.29) is 0 Å². The number of rotatable bonds is 4. The Morgan fingerprint density at radius 3 is 2.82 bits per heavy atom. The molecule has 22 heavy (non-hydrogen) atoms. The molecule has 2 aromatic heterocycles. The van der Waals surface area contributed by atoms with Crippen molar-refractivity contribution in [1.29, 1.82) is 0 Å². The van der Waals surface area contributed by atoms with Gasteiger partial charge in [-0.3, -0.25) is 4.98 Å². The first-order valence-electron chi connectivity index (χ1n) is 6.98. The van der Waals surface area contributed by atoms with Crippen LogP contribution in [0.1, 0.15) is 30.1 Å². The van der Waals surface area contributed by atoms with Gasteiger partial charge in [-0.1, -0.05) is 5.16 Å². The minimum atomic E-state index is -0.561. The molecule has 0 aliphatic carbocycles. The van der Waals surface area contributed by atoms with Gasteiger partial charge in [-0.05, 0) is 17.7 Å². The van der Waals surface area contributed by atoms with Gasteiger partial charge >= 0.3 is 0 Å². The minimum absolute atomic E-state index is 0.335. The summed E-state index contributed by atoms with van der Waals surface area (Å²) in [5.41, 5.74) is 0.0566. The largest absolute Gasteiger partial charge is 0.381 e. The van der Waals surface area contributed by atoms with Crippen molar-refractivity contribution in [3.63, 3.8) is 0 Å². The highest BCUT2D eigenvalue weighted by atomic mass is 19.1. The number of aromatic nitrogens is 3. The standard InChI is InChI=1S/C15H16FN3O3/c1-20-15(4-6-21-7-5-15)14-18-13(22-19-14)3-2-11-8-12(16)10-17-9-11/h2-3,8-10H,4-7H2,1H3. The van der Waals surface area contributed by atoms with Crippen molar-refractivity contribution in [2.75, 3.05) is 20.3 Å². The van der Waals surface area contributed by atoms with Crippen LogP contribution in [0.25, 0.3) is 12.2 Å². The van der Waals surface area contributed by atoms with E-state index in [4.69, 9.17) is 14.0 Å². The molecule has 2 aromatic rings. The van der Waals surface area contributed by atoms with E-state index < -0.39 is 11.4 Å². The fraction of sp³-hybridized carbons (Fsp3) is 0.400. The molecule has 1 fully saturated rings. The minimum Gasteiger partial charge on any atom is -0.381 e. The lowest BCUT2D eigenvalue weighted by atomic mass is 9.93. The normalized spacial score (nSPS) is 17.9. The first kappa shape index (κ1) is 14.8. The quantitative estimate of drug-likeness (QED) is 0.864. The zero-order valence-electron chi connectivity index (χ0n) is 12.2. The van der Waals surface area contributed by atoms with E-state index in [0.717, 1.165) is 6.20 Å². The van der Waals surface area contributed by atoms with E-state index in [9.17, 15) is 4.39 Å². The van der Waals surface area contributed by atoms with Crippen LogP contribution in [0.4, 0.5) is 4.39 Å². The SMILES string of the molecule is COC1(c2noc(C=Cc3cncc(F)c3)n2)CCOCC1. The van der Waals surface area contributed by atoms with Crippen LogP contribution in [-0.2, 0) is 15.1 Å². The third-order valence-corrected chi connectivity index (χ3v) is 3.68. The molecule has 1 saturated heterocycles. The van der Waals surface area contributed by atoms with Crippen LogP contribution < -0.4 is 0 Å². The van der Waals surface area contributed by atoms with Crippen molar-refractivity contribution in [2.24, 2.45) is 0 Å². The Morgan fingerprint density at radius 2 is 2.09 bits per heavy atom. The van der Waals surface area contributed by atoms with E-state index in [1.54, 1.807) is 25.5 Å². The fourth-order valence-electron chi connectivity index (χ4n) is 2.40. The third kappa shape index (κ3) is 3.05. The molecule has 116 valence electrons. The first-order chi connectivity index (χ1) is 10.7. The zero-order valence-corrected chi connectivity index (χ0v) is 12.2. The topological polar surface area (TPSA) is 70.3 Å². The number of hydrogen-bond acceptors (Lipinski definition) is 6. The number of methoxy groups -OCH3 is 1. The molecule has 0 atom stereocenters. The van der Waals surface area contributed by atoms with Crippen LogP contribution in [0.15, 0.2) is 23.0 Å². The summed E-state index contributed by atoms with van der Waals surface area (Å²) in [5, 5.41) is 4.01. The molecule has 3 heterocycles. The average Bonchev–Trinajstić information content (AvgIpc) is 3.03. The van der Waals surface area contributed by atoms with Gasteiger partial charge in [-0.25, -0.2) is 4.39 Å². The average molecular weight is 305 g/mol. The molecular formula is C15H16FN3O3. The Balaban J connectivity index is 1.78. The van der Waals surface area contributed by atoms with E-state index in [1.165, 1.54) is 6.07 Å². The van der Waals surface area contributed by atoms with E-state index in [2.05, 4.69) is 15.1 Å². The van der Waals surface area contributed by atoms with Gasteiger partial charge in [0.15, 0.2) is 0 Å². The first-order valence-corrected chi connectivity index (χ1v) is 6.98. The summed E-state index contributed by atoms with van der Waals surface area (Å²) in [4.78, 5) is 8.13. The molecule has 1 aliphatic heterocycles. The Hall–Kier alpha value is -2.12. The van der Waals surface area contributed by atoms with E-state index in [0.29, 0.717) is 43.3 Å². The molecule has 0 spiro atoms. The van der Waals surface area contributed by atoms with Gasteiger partial charge in [0.1, 0.15) is 11.4 Å². The van der Waals surface area contributed by atoms with Gasteiger partial charge in [0.05, 0.1) is 6.20 Å².